The smallest absolute Gasteiger partial charge is 0.338 e. The zero-order valence-electron chi connectivity index (χ0n) is 17.6. The molecule has 1 aromatic carbocycles. The van der Waals surface area contributed by atoms with Gasteiger partial charge in [0.2, 0.25) is 0 Å². The first-order valence-electron chi connectivity index (χ1n) is 10.2. The summed E-state index contributed by atoms with van der Waals surface area (Å²) in [5.74, 6) is 0.968. The average molecular weight is 513 g/mol. The lowest BCUT2D eigenvalue weighted by Gasteiger charge is -2.33. The van der Waals surface area contributed by atoms with Crippen molar-refractivity contribution in [2.75, 3.05) is 6.61 Å². The first-order chi connectivity index (χ1) is 15.5. The molecule has 0 radical (unpaired) electrons. The number of nitriles is 1. The molecule has 0 fully saturated rings. The van der Waals surface area contributed by atoms with E-state index in [1.807, 2.05) is 43.3 Å². The average Bonchev–Trinajstić information content (AvgIpc) is 3.39. The number of fused-ring (bicyclic) bond motifs is 1. The number of esters is 1. The number of furan rings is 1. The van der Waals surface area contributed by atoms with Gasteiger partial charge in [-0.05, 0) is 49.4 Å². The number of carbonyl (C=O) groups is 1. The fraction of sp³-hybridized carbons (Fsp3) is 0.261. The zero-order valence-corrected chi connectivity index (χ0v) is 20.0. The summed E-state index contributed by atoms with van der Waals surface area (Å²) in [5.41, 5.74) is 8.24. The highest BCUT2D eigenvalue weighted by Crippen LogP contribution is 2.47. The van der Waals surface area contributed by atoms with Crippen molar-refractivity contribution >= 4 is 38.8 Å². The summed E-state index contributed by atoms with van der Waals surface area (Å²) in [6, 6.07) is 12.9. The molecule has 0 saturated heterocycles. The van der Waals surface area contributed by atoms with Crippen LogP contribution < -0.4 is 5.73 Å². The van der Waals surface area contributed by atoms with E-state index < -0.39 is 12.0 Å². The maximum absolute atomic E-state index is 13.1. The molecule has 9 heteroatoms. The van der Waals surface area contributed by atoms with Crippen LogP contribution in [-0.2, 0) is 9.53 Å². The normalized spacial score (nSPS) is 17.9. The van der Waals surface area contributed by atoms with Gasteiger partial charge in [0.15, 0.2) is 5.17 Å². The van der Waals surface area contributed by atoms with E-state index in [0.717, 1.165) is 16.5 Å². The lowest BCUT2D eigenvalue weighted by Crippen LogP contribution is -2.38. The largest absolute Gasteiger partial charge is 0.463 e. The number of ether oxygens (including phenoxy) is 1. The summed E-state index contributed by atoms with van der Waals surface area (Å²) in [7, 11) is 0. The van der Waals surface area contributed by atoms with Gasteiger partial charge < -0.3 is 14.9 Å². The lowest BCUT2D eigenvalue weighted by atomic mass is 9.97. The minimum Gasteiger partial charge on any atom is -0.463 e. The van der Waals surface area contributed by atoms with Gasteiger partial charge in [-0.25, -0.2) is 9.79 Å². The Hall–Kier alpha value is -2.96. The summed E-state index contributed by atoms with van der Waals surface area (Å²) >= 11 is 4.64. The molecule has 0 aliphatic carbocycles. The molecule has 0 bridgehead atoms. The van der Waals surface area contributed by atoms with Gasteiger partial charge in [-0.3, -0.25) is 4.90 Å². The van der Waals surface area contributed by atoms with Crippen molar-refractivity contribution in [1.29, 1.82) is 5.26 Å². The topological polar surface area (TPSA) is 105 Å². The number of aliphatic imine (C=N–C) groups is 1. The minimum absolute atomic E-state index is 0.233. The molecule has 2 aliphatic rings. The van der Waals surface area contributed by atoms with Crippen LogP contribution >= 0.6 is 27.7 Å². The van der Waals surface area contributed by atoms with Crippen molar-refractivity contribution in [2.45, 2.75) is 32.7 Å². The third-order valence-corrected chi connectivity index (χ3v) is 6.58. The molecule has 32 heavy (non-hydrogen) atoms. The van der Waals surface area contributed by atoms with Crippen LogP contribution in [0.1, 0.15) is 38.5 Å². The van der Waals surface area contributed by atoms with E-state index in [1.165, 1.54) is 11.8 Å². The predicted octanol–water partition coefficient (Wildman–Crippen LogP) is 5.44. The quantitative estimate of drug-likeness (QED) is 0.513. The molecule has 2 aromatic rings. The van der Waals surface area contributed by atoms with Crippen molar-refractivity contribution in [3.05, 3.63) is 68.6 Å². The number of thioether (sulfide) groups is 1. The summed E-state index contributed by atoms with van der Waals surface area (Å²) in [6.45, 7) is 4.01. The number of benzene rings is 1. The summed E-state index contributed by atoms with van der Waals surface area (Å²) in [6.07, 6.45) is 1.38. The van der Waals surface area contributed by atoms with Gasteiger partial charge in [-0.1, -0.05) is 41.4 Å². The van der Waals surface area contributed by atoms with Crippen LogP contribution in [0.5, 0.6) is 0 Å². The Morgan fingerprint density at radius 3 is 2.72 bits per heavy atom. The number of amidine groups is 1. The van der Waals surface area contributed by atoms with Crippen LogP contribution in [0.3, 0.4) is 0 Å². The number of halogens is 1. The number of nitrogens with zero attached hydrogens (tertiary/aromatic N) is 3. The standard InChI is InChI=1S/C23H21BrN4O3S/c1-3-5-15-19(22(29)30-4-2)20(28-21(26)18(12-25)32-23(28)27-15)17-11-10-16(31-17)13-6-8-14(24)9-7-13/h6-11,20H,3-5,26H2,1-2H3/t20-/m0/s1. The SMILES string of the molecule is CCCC1=C(C(=O)OCC)[C@H](c2ccc(-c3ccc(Br)cc3)o2)N2C(=N1)SC(C#N)=C2N. The van der Waals surface area contributed by atoms with Crippen molar-refractivity contribution in [2.24, 2.45) is 10.7 Å². The number of hydrogen-bond acceptors (Lipinski definition) is 8. The van der Waals surface area contributed by atoms with Crippen molar-refractivity contribution in [1.82, 2.24) is 4.90 Å². The Balaban J connectivity index is 1.86. The molecule has 2 N–H and O–H groups in total. The van der Waals surface area contributed by atoms with Gasteiger partial charge in [0, 0.05) is 10.0 Å². The van der Waals surface area contributed by atoms with Gasteiger partial charge in [0.25, 0.3) is 0 Å². The second-order valence-corrected chi connectivity index (χ2v) is 9.03. The number of rotatable bonds is 6. The Labute approximate surface area is 198 Å². The van der Waals surface area contributed by atoms with Crippen molar-refractivity contribution in [3.8, 4) is 17.4 Å². The molecule has 0 spiro atoms. The summed E-state index contributed by atoms with van der Waals surface area (Å²) in [4.78, 5) is 19.8. The molecule has 7 nitrogen and oxygen atoms in total. The summed E-state index contributed by atoms with van der Waals surface area (Å²) < 4.78 is 12.6. The molecular weight excluding hydrogens is 492 g/mol. The van der Waals surface area contributed by atoms with Gasteiger partial charge >= 0.3 is 5.97 Å². The van der Waals surface area contributed by atoms with Gasteiger partial charge in [0.05, 0.1) is 17.9 Å². The van der Waals surface area contributed by atoms with E-state index in [9.17, 15) is 10.1 Å². The number of carbonyl (C=O) groups excluding carboxylic acids is 1. The highest BCUT2D eigenvalue weighted by molar-refractivity contribution is 9.10. The van der Waals surface area contributed by atoms with Gasteiger partial charge in [0.1, 0.15) is 34.4 Å². The monoisotopic (exact) mass is 512 g/mol. The second-order valence-electron chi connectivity index (χ2n) is 7.13. The maximum Gasteiger partial charge on any atom is 0.338 e. The minimum atomic E-state index is -0.675. The van der Waals surface area contributed by atoms with E-state index in [4.69, 9.17) is 14.9 Å². The lowest BCUT2D eigenvalue weighted by molar-refractivity contribution is -0.139. The fourth-order valence-corrected chi connectivity index (χ4v) is 4.83. The molecular formula is C23H21BrN4O3S. The second kappa shape index (κ2) is 9.27. The Kier molecular flexibility index (Phi) is 6.44. The molecule has 1 aromatic heterocycles. The number of hydrogen-bond donors (Lipinski definition) is 1. The van der Waals surface area contributed by atoms with Crippen molar-refractivity contribution in [3.63, 3.8) is 0 Å². The van der Waals surface area contributed by atoms with E-state index in [1.54, 1.807) is 11.8 Å². The molecule has 0 unspecified atom stereocenters. The first-order valence-corrected chi connectivity index (χ1v) is 11.8. The van der Waals surface area contributed by atoms with E-state index in [2.05, 4.69) is 27.0 Å². The van der Waals surface area contributed by atoms with Gasteiger partial charge in [-0.15, -0.1) is 0 Å². The van der Waals surface area contributed by atoms with Crippen LogP contribution in [0.25, 0.3) is 11.3 Å². The molecule has 2 aliphatic heterocycles. The highest BCUT2D eigenvalue weighted by atomic mass is 79.9. The summed E-state index contributed by atoms with van der Waals surface area (Å²) in [5, 5.41) is 10.1. The molecule has 0 saturated carbocycles. The van der Waals surface area contributed by atoms with Crippen LogP contribution in [-0.4, -0.2) is 22.6 Å². The van der Waals surface area contributed by atoms with Crippen LogP contribution in [0, 0.1) is 11.3 Å². The van der Waals surface area contributed by atoms with E-state index in [-0.39, 0.29) is 12.4 Å². The Morgan fingerprint density at radius 2 is 2.06 bits per heavy atom. The first kappa shape index (κ1) is 22.2. The Morgan fingerprint density at radius 1 is 1.31 bits per heavy atom. The maximum atomic E-state index is 13.1. The molecule has 3 heterocycles. The third kappa shape index (κ3) is 3.96. The number of nitrogens with two attached hydrogens (primary N) is 1. The third-order valence-electron chi connectivity index (χ3n) is 5.07. The predicted molar refractivity (Wildman–Crippen MR) is 127 cm³/mol. The molecule has 0 amide bonds. The van der Waals surface area contributed by atoms with Crippen LogP contribution in [0.2, 0.25) is 0 Å². The van der Waals surface area contributed by atoms with Gasteiger partial charge in [-0.2, -0.15) is 5.26 Å². The van der Waals surface area contributed by atoms with E-state index >= 15 is 0 Å². The fourth-order valence-electron chi connectivity index (χ4n) is 3.68. The van der Waals surface area contributed by atoms with Crippen LogP contribution in [0.4, 0.5) is 0 Å². The van der Waals surface area contributed by atoms with Crippen molar-refractivity contribution < 1.29 is 13.9 Å². The van der Waals surface area contributed by atoms with E-state index in [0.29, 0.717) is 39.3 Å². The molecule has 164 valence electrons. The van der Waals surface area contributed by atoms with Crippen LogP contribution in [0.15, 0.2) is 72.3 Å². The zero-order chi connectivity index (χ0) is 22.8. The molecule has 4 rings (SSSR count). The Bertz CT molecular complexity index is 1190. The number of allylic oxidation sites excluding steroid dienone is 2. The molecule has 1 atom stereocenters. The highest BCUT2D eigenvalue weighted by Gasteiger charge is 2.44.